The third-order valence-electron chi connectivity index (χ3n) is 5.84. The molecule has 108 valence electrons. The van der Waals surface area contributed by atoms with Gasteiger partial charge in [0, 0.05) is 11.3 Å². The van der Waals surface area contributed by atoms with Gasteiger partial charge in [-0.25, -0.2) is 0 Å². The maximum absolute atomic E-state index is 11.8. The molecule has 0 amide bonds. The number of rotatable bonds is 0. The average Bonchev–Trinajstić information content (AvgIpc) is 2.54. The van der Waals surface area contributed by atoms with Crippen molar-refractivity contribution in [1.29, 1.82) is 0 Å². The van der Waals surface area contributed by atoms with Crippen LogP contribution in [0.15, 0.2) is 0 Å². The van der Waals surface area contributed by atoms with E-state index in [1.54, 1.807) is 0 Å². The highest BCUT2D eigenvalue weighted by Crippen LogP contribution is 2.54. The first kappa shape index (κ1) is 13.4. The van der Waals surface area contributed by atoms with E-state index in [0.29, 0.717) is 18.4 Å². The molecule has 0 aromatic heterocycles. The molecule has 2 heterocycles. The molecule has 3 rings (SSSR count). The van der Waals surface area contributed by atoms with Gasteiger partial charge in [-0.05, 0) is 31.1 Å². The van der Waals surface area contributed by atoms with E-state index in [1.165, 1.54) is 0 Å². The molecule has 2 aliphatic heterocycles. The standard InChI is InChI=1S/C15H24O4/c1-8-6-12-10(9(2)13(16)19-12)7-15(3)11(8)4-5-18-14(15)17/h8-12,14,17H,4-7H2,1-3H3/t8-,9-,10+,11-,12+,14+,15-/m0/s1. The first-order valence-corrected chi connectivity index (χ1v) is 7.43. The van der Waals surface area contributed by atoms with Crippen molar-refractivity contribution in [2.24, 2.45) is 29.1 Å². The molecule has 0 unspecified atom stereocenters. The molecular weight excluding hydrogens is 244 g/mol. The summed E-state index contributed by atoms with van der Waals surface area (Å²) >= 11 is 0. The van der Waals surface area contributed by atoms with Gasteiger partial charge in [-0.15, -0.1) is 0 Å². The van der Waals surface area contributed by atoms with Gasteiger partial charge in [-0.2, -0.15) is 0 Å². The van der Waals surface area contributed by atoms with Gasteiger partial charge in [0.15, 0.2) is 6.29 Å². The Morgan fingerprint density at radius 1 is 1.37 bits per heavy atom. The van der Waals surface area contributed by atoms with Crippen molar-refractivity contribution < 1.29 is 19.4 Å². The van der Waals surface area contributed by atoms with E-state index in [2.05, 4.69) is 13.8 Å². The summed E-state index contributed by atoms with van der Waals surface area (Å²) in [6, 6.07) is 0. The monoisotopic (exact) mass is 268 g/mol. The zero-order valence-corrected chi connectivity index (χ0v) is 12.0. The largest absolute Gasteiger partial charge is 0.462 e. The Kier molecular flexibility index (Phi) is 3.13. The topological polar surface area (TPSA) is 55.8 Å². The lowest BCUT2D eigenvalue weighted by Crippen LogP contribution is -2.48. The minimum atomic E-state index is -0.713. The van der Waals surface area contributed by atoms with E-state index in [1.807, 2.05) is 6.92 Å². The number of aliphatic hydroxyl groups excluding tert-OH is 1. The molecule has 0 spiro atoms. The first-order valence-electron chi connectivity index (χ1n) is 7.43. The molecule has 4 heteroatoms. The van der Waals surface area contributed by atoms with E-state index in [9.17, 15) is 9.90 Å². The fourth-order valence-electron chi connectivity index (χ4n) is 4.61. The van der Waals surface area contributed by atoms with Gasteiger partial charge in [-0.1, -0.05) is 20.8 Å². The van der Waals surface area contributed by atoms with Crippen LogP contribution < -0.4 is 0 Å². The maximum atomic E-state index is 11.8. The number of hydrogen-bond donors (Lipinski definition) is 1. The third kappa shape index (κ3) is 1.91. The molecule has 1 aliphatic carbocycles. The molecule has 0 aromatic carbocycles. The molecule has 3 fully saturated rings. The van der Waals surface area contributed by atoms with Crippen LogP contribution in [0.3, 0.4) is 0 Å². The number of hydrogen-bond acceptors (Lipinski definition) is 4. The number of carbonyl (C=O) groups is 1. The molecule has 4 nitrogen and oxygen atoms in total. The van der Waals surface area contributed by atoms with Gasteiger partial charge in [0.05, 0.1) is 12.5 Å². The fourth-order valence-corrected chi connectivity index (χ4v) is 4.61. The van der Waals surface area contributed by atoms with Gasteiger partial charge in [0.25, 0.3) is 0 Å². The summed E-state index contributed by atoms with van der Waals surface area (Å²) in [5.74, 6) is 1.00. The van der Waals surface area contributed by atoms with Crippen LogP contribution in [0.5, 0.6) is 0 Å². The van der Waals surface area contributed by atoms with Gasteiger partial charge >= 0.3 is 5.97 Å². The van der Waals surface area contributed by atoms with Crippen LogP contribution in [0.1, 0.15) is 40.0 Å². The van der Waals surface area contributed by atoms with Gasteiger partial charge in [-0.3, -0.25) is 4.79 Å². The van der Waals surface area contributed by atoms with Crippen molar-refractivity contribution in [3.63, 3.8) is 0 Å². The van der Waals surface area contributed by atoms with E-state index < -0.39 is 6.29 Å². The zero-order valence-electron chi connectivity index (χ0n) is 12.0. The van der Waals surface area contributed by atoms with Crippen LogP contribution in [0, 0.1) is 29.1 Å². The number of aliphatic hydroxyl groups is 1. The molecule has 7 atom stereocenters. The highest BCUT2D eigenvalue weighted by molar-refractivity contribution is 5.74. The Bertz CT molecular complexity index is 382. The Labute approximate surface area is 114 Å². The highest BCUT2D eigenvalue weighted by atomic mass is 16.6. The highest BCUT2D eigenvalue weighted by Gasteiger charge is 2.55. The number of carbonyl (C=O) groups excluding carboxylic acids is 1. The summed E-state index contributed by atoms with van der Waals surface area (Å²) in [5, 5.41) is 10.3. The maximum Gasteiger partial charge on any atom is 0.309 e. The van der Waals surface area contributed by atoms with Crippen molar-refractivity contribution in [2.45, 2.75) is 52.4 Å². The van der Waals surface area contributed by atoms with Crippen LogP contribution in [-0.2, 0) is 14.3 Å². The van der Waals surface area contributed by atoms with E-state index in [4.69, 9.17) is 9.47 Å². The summed E-state index contributed by atoms with van der Waals surface area (Å²) in [4.78, 5) is 11.8. The van der Waals surface area contributed by atoms with E-state index in [0.717, 1.165) is 19.3 Å². The Balaban J connectivity index is 1.94. The first-order chi connectivity index (χ1) is 8.93. The smallest absolute Gasteiger partial charge is 0.309 e. The van der Waals surface area contributed by atoms with Crippen molar-refractivity contribution in [1.82, 2.24) is 0 Å². The summed E-state index contributed by atoms with van der Waals surface area (Å²) < 4.78 is 11.0. The predicted octanol–water partition coefficient (Wildman–Crippen LogP) is 1.96. The summed E-state index contributed by atoms with van der Waals surface area (Å²) in [5.41, 5.74) is -0.251. The lowest BCUT2D eigenvalue weighted by molar-refractivity contribution is -0.230. The van der Waals surface area contributed by atoms with Gasteiger partial charge < -0.3 is 14.6 Å². The van der Waals surface area contributed by atoms with Gasteiger partial charge in [0.2, 0.25) is 0 Å². The Hall–Kier alpha value is -0.610. The molecule has 1 N–H and O–H groups in total. The molecule has 0 bridgehead atoms. The Morgan fingerprint density at radius 3 is 2.84 bits per heavy atom. The van der Waals surface area contributed by atoms with E-state index >= 15 is 0 Å². The Morgan fingerprint density at radius 2 is 2.11 bits per heavy atom. The van der Waals surface area contributed by atoms with Crippen molar-refractivity contribution in [2.75, 3.05) is 6.61 Å². The second-order valence-electron chi connectivity index (χ2n) is 6.97. The van der Waals surface area contributed by atoms with Crippen LogP contribution in [0.2, 0.25) is 0 Å². The third-order valence-corrected chi connectivity index (χ3v) is 5.84. The van der Waals surface area contributed by atoms with Crippen LogP contribution in [0.25, 0.3) is 0 Å². The van der Waals surface area contributed by atoms with Crippen molar-refractivity contribution in [3.8, 4) is 0 Å². The second-order valence-corrected chi connectivity index (χ2v) is 6.97. The lowest BCUT2D eigenvalue weighted by Gasteiger charge is -2.46. The average molecular weight is 268 g/mol. The predicted molar refractivity (Wildman–Crippen MR) is 69.1 cm³/mol. The number of fused-ring (bicyclic) bond motifs is 2. The number of esters is 1. The normalized spacial score (nSPS) is 54.0. The lowest BCUT2D eigenvalue weighted by atomic mass is 9.65. The molecule has 0 radical (unpaired) electrons. The van der Waals surface area contributed by atoms with E-state index in [-0.39, 0.29) is 29.3 Å². The van der Waals surface area contributed by atoms with Crippen molar-refractivity contribution in [3.05, 3.63) is 0 Å². The van der Waals surface area contributed by atoms with Gasteiger partial charge in [0.1, 0.15) is 6.10 Å². The van der Waals surface area contributed by atoms with Crippen LogP contribution in [-0.4, -0.2) is 30.1 Å². The van der Waals surface area contributed by atoms with Crippen LogP contribution in [0.4, 0.5) is 0 Å². The molecule has 0 aromatic rings. The minimum Gasteiger partial charge on any atom is -0.462 e. The molecule has 19 heavy (non-hydrogen) atoms. The summed E-state index contributed by atoms with van der Waals surface area (Å²) in [6.07, 6.45) is 2.06. The molecule has 2 saturated heterocycles. The number of ether oxygens (including phenoxy) is 2. The molecule has 1 saturated carbocycles. The quantitative estimate of drug-likeness (QED) is 0.682. The summed E-state index contributed by atoms with van der Waals surface area (Å²) in [7, 11) is 0. The molecular formula is C15H24O4. The van der Waals surface area contributed by atoms with Crippen molar-refractivity contribution >= 4 is 5.97 Å². The second kappa shape index (κ2) is 4.45. The molecule has 3 aliphatic rings. The minimum absolute atomic E-state index is 0.0344. The fraction of sp³-hybridized carbons (Fsp3) is 0.933. The summed E-state index contributed by atoms with van der Waals surface area (Å²) in [6.45, 7) is 6.93. The SMILES string of the molecule is C[C@@H]1C(=O)O[C@@H]2C[C@H](C)[C@@H]3CCO[C@@H](O)[C@@]3(C)C[C@H]12. The van der Waals surface area contributed by atoms with Crippen LogP contribution >= 0.6 is 0 Å². The zero-order chi connectivity index (χ0) is 13.8.